The van der Waals surface area contributed by atoms with Crippen LogP contribution in [0.1, 0.15) is 47.7 Å². The average Bonchev–Trinajstić information content (AvgIpc) is 2.77. The quantitative estimate of drug-likeness (QED) is 0.774. The van der Waals surface area contributed by atoms with E-state index in [4.69, 9.17) is 5.11 Å². The smallest absolute Gasteiger partial charge is 0.337 e. The van der Waals surface area contributed by atoms with E-state index in [1.807, 2.05) is 20.0 Å². The first kappa shape index (κ1) is 13.6. The van der Waals surface area contributed by atoms with Crippen molar-refractivity contribution in [3.8, 4) is 0 Å². The van der Waals surface area contributed by atoms with Gasteiger partial charge in [0, 0.05) is 18.2 Å². The van der Waals surface area contributed by atoms with Crippen LogP contribution in [0.3, 0.4) is 0 Å². The van der Waals surface area contributed by atoms with Crippen molar-refractivity contribution in [3.05, 3.63) is 35.0 Å². The van der Waals surface area contributed by atoms with E-state index >= 15 is 0 Å². The number of carboxylic acids is 1. The van der Waals surface area contributed by atoms with E-state index in [9.17, 15) is 9.90 Å². The van der Waals surface area contributed by atoms with Crippen molar-refractivity contribution in [2.24, 2.45) is 0 Å². The molecule has 0 saturated carbocycles. The minimum absolute atomic E-state index is 0.141. The van der Waals surface area contributed by atoms with Crippen molar-refractivity contribution >= 4 is 16.9 Å². The summed E-state index contributed by atoms with van der Waals surface area (Å²) >= 11 is 0. The standard InChI is InChI=1S/C15H19NO3/c1-9(2)11-6-12-10(4-3-5-17)8-16-14(12)13(7-11)15(18)19/h6-9,16-17H,3-5H2,1-2H3,(H,18,19). The van der Waals surface area contributed by atoms with Crippen molar-refractivity contribution in [2.75, 3.05) is 6.61 Å². The van der Waals surface area contributed by atoms with Gasteiger partial charge in [-0.1, -0.05) is 13.8 Å². The number of benzene rings is 1. The summed E-state index contributed by atoms with van der Waals surface area (Å²) in [6.07, 6.45) is 3.27. The third-order valence-corrected chi connectivity index (χ3v) is 3.40. The van der Waals surface area contributed by atoms with E-state index in [1.54, 1.807) is 6.07 Å². The van der Waals surface area contributed by atoms with Gasteiger partial charge < -0.3 is 15.2 Å². The van der Waals surface area contributed by atoms with Gasteiger partial charge in [0.05, 0.1) is 11.1 Å². The summed E-state index contributed by atoms with van der Waals surface area (Å²) in [4.78, 5) is 14.4. The first-order valence-corrected chi connectivity index (χ1v) is 6.52. The Hall–Kier alpha value is -1.81. The van der Waals surface area contributed by atoms with E-state index in [0.717, 1.165) is 22.9 Å². The molecule has 0 amide bonds. The molecule has 1 aromatic heterocycles. The van der Waals surface area contributed by atoms with Gasteiger partial charge in [0.1, 0.15) is 0 Å². The van der Waals surface area contributed by atoms with E-state index in [-0.39, 0.29) is 12.5 Å². The van der Waals surface area contributed by atoms with Crippen LogP contribution in [0.4, 0.5) is 0 Å². The highest BCUT2D eigenvalue weighted by molar-refractivity contribution is 6.03. The lowest BCUT2D eigenvalue weighted by molar-refractivity contribution is 0.0698. The topological polar surface area (TPSA) is 73.3 Å². The molecular formula is C15H19NO3. The van der Waals surface area contributed by atoms with Crippen molar-refractivity contribution in [1.29, 1.82) is 0 Å². The minimum Gasteiger partial charge on any atom is -0.478 e. The lowest BCUT2D eigenvalue weighted by atomic mass is 9.96. The fraction of sp³-hybridized carbons (Fsp3) is 0.400. The molecule has 3 N–H and O–H groups in total. The maximum absolute atomic E-state index is 11.4. The summed E-state index contributed by atoms with van der Waals surface area (Å²) in [7, 11) is 0. The molecule has 4 heteroatoms. The Morgan fingerprint density at radius 1 is 1.37 bits per heavy atom. The molecular weight excluding hydrogens is 242 g/mol. The van der Waals surface area contributed by atoms with Gasteiger partial charge in [-0.15, -0.1) is 0 Å². The number of aromatic amines is 1. The van der Waals surface area contributed by atoms with Crippen LogP contribution in [-0.2, 0) is 6.42 Å². The van der Waals surface area contributed by atoms with Crippen molar-refractivity contribution in [3.63, 3.8) is 0 Å². The number of aliphatic hydroxyl groups is 1. The molecule has 1 aromatic carbocycles. The number of H-pyrrole nitrogens is 1. The summed E-state index contributed by atoms with van der Waals surface area (Å²) in [5, 5.41) is 19.2. The third kappa shape index (κ3) is 2.63. The number of aryl methyl sites for hydroxylation is 1. The highest BCUT2D eigenvalue weighted by Crippen LogP contribution is 2.28. The number of aromatic nitrogens is 1. The lowest BCUT2D eigenvalue weighted by Gasteiger charge is -2.09. The molecule has 19 heavy (non-hydrogen) atoms. The highest BCUT2D eigenvalue weighted by Gasteiger charge is 2.15. The molecule has 0 saturated heterocycles. The zero-order valence-electron chi connectivity index (χ0n) is 11.2. The van der Waals surface area contributed by atoms with Gasteiger partial charge >= 0.3 is 5.97 Å². The van der Waals surface area contributed by atoms with Gasteiger partial charge in [0.2, 0.25) is 0 Å². The largest absolute Gasteiger partial charge is 0.478 e. The van der Waals surface area contributed by atoms with E-state index in [2.05, 4.69) is 11.1 Å². The zero-order chi connectivity index (χ0) is 14.0. The van der Waals surface area contributed by atoms with E-state index < -0.39 is 5.97 Å². The van der Waals surface area contributed by atoms with Crippen LogP contribution in [0.2, 0.25) is 0 Å². The molecule has 2 rings (SSSR count). The van der Waals surface area contributed by atoms with Crippen LogP contribution < -0.4 is 0 Å². The van der Waals surface area contributed by atoms with Crippen molar-refractivity contribution in [1.82, 2.24) is 4.98 Å². The van der Waals surface area contributed by atoms with Crippen LogP contribution in [-0.4, -0.2) is 27.8 Å². The van der Waals surface area contributed by atoms with Crippen molar-refractivity contribution in [2.45, 2.75) is 32.6 Å². The number of hydrogen-bond donors (Lipinski definition) is 3. The first-order chi connectivity index (χ1) is 9.04. The maximum atomic E-state index is 11.4. The number of aliphatic hydroxyl groups excluding tert-OH is 1. The number of rotatable bonds is 5. The minimum atomic E-state index is -0.914. The number of carboxylic acid groups (broad SMARTS) is 1. The van der Waals surface area contributed by atoms with Gasteiger partial charge in [-0.25, -0.2) is 4.79 Å². The zero-order valence-corrected chi connectivity index (χ0v) is 11.2. The molecule has 0 aliphatic heterocycles. The molecule has 0 fully saturated rings. The Balaban J connectivity index is 2.60. The van der Waals surface area contributed by atoms with Gasteiger partial charge in [-0.05, 0) is 42.0 Å². The SMILES string of the molecule is CC(C)c1cc(C(=O)O)c2[nH]cc(CCCO)c2c1. The summed E-state index contributed by atoms with van der Waals surface area (Å²) in [6.45, 7) is 4.24. The predicted molar refractivity (Wildman–Crippen MR) is 74.8 cm³/mol. The lowest BCUT2D eigenvalue weighted by Crippen LogP contribution is -2.00. The van der Waals surface area contributed by atoms with Crippen LogP contribution >= 0.6 is 0 Å². The number of nitrogens with one attached hydrogen (secondary N) is 1. The molecule has 2 aromatic rings. The van der Waals surface area contributed by atoms with E-state index in [0.29, 0.717) is 17.5 Å². The molecule has 102 valence electrons. The molecule has 0 atom stereocenters. The van der Waals surface area contributed by atoms with Gasteiger partial charge in [0.25, 0.3) is 0 Å². The molecule has 0 radical (unpaired) electrons. The summed E-state index contributed by atoms with van der Waals surface area (Å²) in [5.41, 5.74) is 3.07. The Bertz CT molecular complexity index is 599. The summed E-state index contributed by atoms with van der Waals surface area (Å²) in [6, 6.07) is 3.79. The summed E-state index contributed by atoms with van der Waals surface area (Å²) < 4.78 is 0. The second kappa shape index (κ2) is 5.45. The number of fused-ring (bicyclic) bond motifs is 1. The Kier molecular flexibility index (Phi) is 3.90. The number of carbonyl (C=O) groups is 1. The fourth-order valence-electron chi connectivity index (χ4n) is 2.29. The first-order valence-electron chi connectivity index (χ1n) is 6.52. The highest BCUT2D eigenvalue weighted by atomic mass is 16.4. The Labute approximate surface area is 112 Å². The molecule has 0 spiro atoms. The monoisotopic (exact) mass is 261 g/mol. The normalized spacial score (nSPS) is 11.4. The predicted octanol–water partition coefficient (Wildman–Crippen LogP) is 2.91. The molecule has 1 heterocycles. The molecule has 0 aliphatic carbocycles. The maximum Gasteiger partial charge on any atom is 0.337 e. The summed E-state index contributed by atoms with van der Waals surface area (Å²) in [5.74, 6) is -0.633. The number of hydrogen-bond acceptors (Lipinski definition) is 2. The fourth-order valence-corrected chi connectivity index (χ4v) is 2.29. The Morgan fingerprint density at radius 3 is 2.68 bits per heavy atom. The van der Waals surface area contributed by atoms with Crippen LogP contribution in [0, 0.1) is 0 Å². The Morgan fingerprint density at radius 2 is 2.11 bits per heavy atom. The van der Waals surface area contributed by atoms with Crippen LogP contribution in [0.5, 0.6) is 0 Å². The molecule has 0 aliphatic rings. The number of aromatic carboxylic acids is 1. The second-order valence-corrected chi connectivity index (χ2v) is 5.09. The average molecular weight is 261 g/mol. The third-order valence-electron chi connectivity index (χ3n) is 3.40. The van der Waals surface area contributed by atoms with Gasteiger partial charge in [0.15, 0.2) is 0 Å². The molecule has 0 bridgehead atoms. The van der Waals surface area contributed by atoms with Gasteiger partial charge in [-0.3, -0.25) is 0 Å². The molecule has 0 unspecified atom stereocenters. The van der Waals surface area contributed by atoms with E-state index in [1.165, 1.54) is 0 Å². The second-order valence-electron chi connectivity index (χ2n) is 5.09. The van der Waals surface area contributed by atoms with Gasteiger partial charge in [-0.2, -0.15) is 0 Å². The van der Waals surface area contributed by atoms with Crippen molar-refractivity contribution < 1.29 is 15.0 Å². The van der Waals surface area contributed by atoms with Crippen LogP contribution in [0.15, 0.2) is 18.3 Å². The molecule has 4 nitrogen and oxygen atoms in total. The van der Waals surface area contributed by atoms with Crippen LogP contribution in [0.25, 0.3) is 10.9 Å².